The van der Waals surface area contributed by atoms with Crippen LogP contribution < -0.4 is 0 Å². The molecule has 0 heterocycles. The summed E-state index contributed by atoms with van der Waals surface area (Å²) >= 11 is 5.80. The summed E-state index contributed by atoms with van der Waals surface area (Å²) in [6, 6.07) is 4.40. The van der Waals surface area contributed by atoms with E-state index in [4.69, 9.17) is 16.7 Å². The quantitative estimate of drug-likeness (QED) is 0.822. The Bertz CT molecular complexity index is 371. The molecule has 0 saturated heterocycles. The lowest BCUT2D eigenvalue weighted by Crippen LogP contribution is -2.00. The molecule has 2 nitrogen and oxygen atoms in total. The number of carboxylic acids is 1. The summed E-state index contributed by atoms with van der Waals surface area (Å²) in [7, 11) is 0. The fraction of sp³-hybridized carbons (Fsp3) is 0.300. The van der Waals surface area contributed by atoms with Crippen molar-refractivity contribution in [3.63, 3.8) is 0 Å². The summed E-state index contributed by atoms with van der Waals surface area (Å²) in [4.78, 5) is 10.6. The molecule has 0 spiro atoms. The third-order valence-corrected chi connectivity index (χ3v) is 2.81. The van der Waals surface area contributed by atoms with Crippen molar-refractivity contribution in [3.8, 4) is 0 Å². The highest BCUT2D eigenvalue weighted by Crippen LogP contribution is 2.50. The summed E-state index contributed by atoms with van der Waals surface area (Å²) in [6.07, 6.45) is 0.482. The van der Waals surface area contributed by atoms with Gasteiger partial charge >= 0.3 is 5.97 Å². The molecule has 1 saturated carbocycles. The summed E-state index contributed by atoms with van der Waals surface area (Å²) in [5, 5.41) is 9.02. The molecule has 0 radical (unpaired) electrons. The topological polar surface area (TPSA) is 37.3 Å². The van der Waals surface area contributed by atoms with Crippen LogP contribution in [-0.2, 0) is 4.79 Å². The van der Waals surface area contributed by atoms with Crippen molar-refractivity contribution in [3.05, 3.63) is 34.6 Å². The van der Waals surface area contributed by atoms with Crippen molar-refractivity contribution in [2.45, 2.75) is 12.3 Å². The number of aliphatic carboxylic acids is 1. The molecule has 1 aliphatic rings. The van der Waals surface area contributed by atoms with Gasteiger partial charge in [-0.1, -0.05) is 17.7 Å². The Kier molecular flexibility index (Phi) is 2.19. The van der Waals surface area contributed by atoms with Crippen LogP contribution in [0.3, 0.4) is 0 Å². The maximum atomic E-state index is 13.3. The fourth-order valence-electron chi connectivity index (χ4n) is 1.65. The van der Waals surface area contributed by atoms with Crippen LogP contribution in [0, 0.1) is 11.7 Å². The van der Waals surface area contributed by atoms with E-state index < -0.39 is 17.7 Å². The number of halogens is 2. The van der Waals surface area contributed by atoms with Crippen LogP contribution in [0.1, 0.15) is 17.9 Å². The fourth-order valence-corrected chi connectivity index (χ4v) is 1.96. The van der Waals surface area contributed by atoms with Gasteiger partial charge in [-0.2, -0.15) is 0 Å². The van der Waals surface area contributed by atoms with Gasteiger partial charge in [0.25, 0.3) is 0 Å². The average molecular weight is 215 g/mol. The third-order valence-electron chi connectivity index (χ3n) is 2.48. The van der Waals surface area contributed by atoms with Crippen LogP contribution in [0.15, 0.2) is 18.2 Å². The molecule has 1 fully saturated rings. The SMILES string of the molecule is O=C(O)[C@H]1C[C@@H]1c1c(F)cccc1Cl. The average Bonchev–Trinajstić information content (AvgIpc) is 2.83. The standard InChI is InChI=1S/C10H8ClFO2/c11-7-2-1-3-8(12)9(7)5-4-6(5)10(13)14/h1-3,5-6H,4H2,(H,13,14)/t5-,6-/m0/s1. The lowest BCUT2D eigenvalue weighted by atomic mass is 10.1. The normalized spacial score (nSPS) is 24.7. The molecule has 0 aliphatic heterocycles. The molecule has 2 atom stereocenters. The predicted molar refractivity (Wildman–Crippen MR) is 49.9 cm³/mol. The first kappa shape index (κ1) is 9.46. The lowest BCUT2D eigenvalue weighted by molar-refractivity contribution is -0.138. The van der Waals surface area contributed by atoms with Crippen molar-refractivity contribution in [2.75, 3.05) is 0 Å². The first-order valence-electron chi connectivity index (χ1n) is 4.28. The van der Waals surface area contributed by atoms with Gasteiger partial charge in [0, 0.05) is 16.5 Å². The molecule has 1 aliphatic carbocycles. The summed E-state index contributed by atoms with van der Waals surface area (Å²) in [5.41, 5.74) is 0.349. The molecule has 0 unspecified atom stereocenters. The second-order valence-electron chi connectivity index (χ2n) is 3.42. The molecule has 14 heavy (non-hydrogen) atoms. The first-order chi connectivity index (χ1) is 6.61. The molecular weight excluding hydrogens is 207 g/mol. The van der Waals surface area contributed by atoms with Gasteiger partial charge < -0.3 is 5.11 Å². The highest BCUT2D eigenvalue weighted by molar-refractivity contribution is 6.31. The van der Waals surface area contributed by atoms with E-state index in [1.807, 2.05) is 0 Å². The Morgan fingerprint density at radius 2 is 2.29 bits per heavy atom. The maximum absolute atomic E-state index is 13.3. The summed E-state index contributed by atoms with van der Waals surface area (Å²) < 4.78 is 13.3. The van der Waals surface area contributed by atoms with Gasteiger partial charge in [0.15, 0.2) is 0 Å². The van der Waals surface area contributed by atoms with Crippen LogP contribution in [0.25, 0.3) is 0 Å². The summed E-state index contributed by atoms with van der Waals surface area (Å²) in [6.45, 7) is 0. The van der Waals surface area contributed by atoms with E-state index in [2.05, 4.69) is 0 Å². The molecule has 2 rings (SSSR count). The number of rotatable bonds is 2. The Morgan fingerprint density at radius 1 is 1.57 bits per heavy atom. The lowest BCUT2D eigenvalue weighted by Gasteiger charge is -2.03. The Balaban J connectivity index is 2.31. The predicted octanol–water partition coefficient (Wildman–Crippen LogP) is 2.67. The number of carboxylic acid groups (broad SMARTS) is 1. The second-order valence-corrected chi connectivity index (χ2v) is 3.83. The zero-order valence-electron chi connectivity index (χ0n) is 7.21. The van der Waals surface area contributed by atoms with Gasteiger partial charge in [-0.3, -0.25) is 4.79 Å². The van der Waals surface area contributed by atoms with E-state index in [1.54, 1.807) is 6.07 Å². The van der Waals surface area contributed by atoms with Crippen molar-refractivity contribution >= 4 is 17.6 Å². The molecular formula is C10H8ClFO2. The van der Waals surface area contributed by atoms with Crippen LogP contribution in [0.5, 0.6) is 0 Å². The third kappa shape index (κ3) is 1.48. The van der Waals surface area contributed by atoms with E-state index in [0.717, 1.165) is 0 Å². The van der Waals surface area contributed by atoms with E-state index in [0.29, 0.717) is 17.0 Å². The van der Waals surface area contributed by atoms with Gasteiger partial charge in [0.1, 0.15) is 5.82 Å². The van der Waals surface area contributed by atoms with Crippen molar-refractivity contribution in [1.82, 2.24) is 0 Å². The smallest absolute Gasteiger partial charge is 0.307 e. The van der Waals surface area contributed by atoms with Crippen LogP contribution in [0.4, 0.5) is 4.39 Å². The molecule has 0 bridgehead atoms. The van der Waals surface area contributed by atoms with Crippen LogP contribution in [-0.4, -0.2) is 11.1 Å². The van der Waals surface area contributed by atoms with Gasteiger partial charge in [0.05, 0.1) is 5.92 Å². The van der Waals surface area contributed by atoms with Crippen LogP contribution in [0.2, 0.25) is 5.02 Å². The van der Waals surface area contributed by atoms with Crippen molar-refractivity contribution in [1.29, 1.82) is 0 Å². The molecule has 1 aromatic carbocycles. The second kappa shape index (κ2) is 3.24. The minimum Gasteiger partial charge on any atom is -0.481 e. The van der Waals surface area contributed by atoms with Crippen LogP contribution >= 0.6 is 11.6 Å². The monoisotopic (exact) mass is 214 g/mol. The van der Waals surface area contributed by atoms with Gasteiger partial charge in [-0.05, 0) is 18.6 Å². The summed E-state index contributed by atoms with van der Waals surface area (Å²) in [5.74, 6) is -2.01. The Hall–Kier alpha value is -1.09. The zero-order chi connectivity index (χ0) is 10.3. The Labute approximate surface area is 85.3 Å². The number of carbonyl (C=O) groups is 1. The molecule has 4 heteroatoms. The molecule has 0 amide bonds. The largest absolute Gasteiger partial charge is 0.481 e. The molecule has 0 aromatic heterocycles. The molecule has 1 N–H and O–H groups in total. The number of hydrogen-bond donors (Lipinski definition) is 1. The van der Waals surface area contributed by atoms with Gasteiger partial charge in [-0.25, -0.2) is 4.39 Å². The molecule has 1 aromatic rings. The minimum atomic E-state index is -0.880. The van der Waals surface area contributed by atoms with Crippen molar-refractivity contribution in [2.24, 2.45) is 5.92 Å². The first-order valence-corrected chi connectivity index (χ1v) is 4.65. The number of benzene rings is 1. The highest BCUT2D eigenvalue weighted by Gasteiger charge is 2.46. The maximum Gasteiger partial charge on any atom is 0.307 e. The van der Waals surface area contributed by atoms with E-state index in [1.165, 1.54) is 12.1 Å². The van der Waals surface area contributed by atoms with Gasteiger partial charge in [-0.15, -0.1) is 0 Å². The molecule has 74 valence electrons. The zero-order valence-corrected chi connectivity index (χ0v) is 7.96. The van der Waals surface area contributed by atoms with E-state index >= 15 is 0 Å². The minimum absolute atomic E-state index is 0.249. The Morgan fingerprint density at radius 3 is 2.79 bits per heavy atom. The van der Waals surface area contributed by atoms with Gasteiger partial charge in [0.2, 0.25) is 0 Å². The number of hydrogen-bond acceptors (Lipinski definition) is 1. The van der Waals surface area contributed by atoms with E-state index in [-0.39, 0.29) is 5.92 Å². The van der Waals surface area contributed by atoms with E-state index in [9.17, 15) is 9.18 Å². The highest BCUT2D eigenvalue weighted by atomic mass is 35.5. The van der Waals surface area contributed by atoms with Crippen molar-refractivity contribution < 1.29 is 14.3 Å².